The minimum Gasteiger partial charge on any atom is -0.483 e. The molecule has 0 aliphatic rings. The normalized spacial score (nSPS) is 10.5. The minimum atomic E-state index is -0.418. The van der Waals surface area contributed by atoms with Crippen LogP contribution < -0.4 is 16.0 Å². The molecule has 3 N–H and O–H groups in total. The number of hydrogen-bond acceptors (Lipinski definition) is 5. The molecule has 21 heavy (non-hydrogen) atoms. The molecule has 0 unspecified atom stereocenters. The zero-order valence-electron chi connectivity index (χ0n) is 11.1. The van der Waals surface area contributed by atoms with Crippen LogP contribution in [-0.4, -0.2) is 10.9 Å². The fourth-order valence-electron chi connectivity index (χ4n) is 2.07. The number of benzene rings is 1. The maximum atomic E-state index is 11.6. The summed E-state index contributed by atoms with van der Waals surface area (Å²) in [6.45, 7) is 0.117. The molecule has 0 aliphatic carbocycles. The Morgan fingerprint density at radius 1 is 1.29 bits per heavy atom. The van der Waals surface area contributed by atoms with E-state index in [1.807, 2.05) is 30.3 Å². The van der Waals surface area contributed by atoms with Crippen LogP contribution in [0.2, 0.25) is 0 Å². The van der Waals surface area contributed by atoms with Gasteiger partial charge in [0.25, 0.3) is 5.91 Å². The van der Waals surface area contributed by atoms with Crippen LogP contribution in [0.25, 0.3) is 10.9 Å². The summed E-state index contributed by atoms with van der Waals surface area (Å²) in [6.07, 6.45) is 3.12. The highest BCUT2D eigenvalue weighted by Crippen LogP contribution is 2.24. The van der Waals surface area contributed by atoms with E-state index >= 15 is 0 Å². The third-order valence-corrected chi connectivity index (χ3v) is 3.08. The number of hydrogen-bond donors (Lipinski definition) is 2. The summed E-state index contributed by atoms with van der Waals surface area (Å²) in [4.78, 5) is 15.9. The molecule has 106 valence electrons. The van der Waals surface area contributed by atoms with Crippen LogP contribution in [0.5, 0.6) is 5.75 Å². The molecular formula is C15H13N3O3. The number of hydrazine groups is 1. The van der Waals surface area contributed by atoms with Gasteiger partial charge in [0.2, 0.25) is 0 Å². The smallest absolute Gasteiger partial charge is 0.268 e. The first-order chi connectivity index (χ1) is 10.3. The summed E-state index contributed by atoms with van der Waals surface area (Å²) in [5.74, 6) is 5.74. The molecule has 0 spiro atoms. The first kappa shape index (κ1) is 13.1. The third kappa shape index (κ3) is 2.56. The summed E-state index contributed by atoms with van der Waals surface area (Å²) in [6, 6.07) is 11.0. The minimum absolute atomic E-state index is 0.117. The molecular weight excluding hydrogens is 270 g/mol. The van der Waals surface area contributed by atoms with Crippen LogP contribution in [0.1, 0.15) is 16.1 Å². The van der Waals surface area contributed by atoms with Gasteiger partial charge in [0, 0.05) is 11.6 Å². The standard InChI is InChI=1S/C15H13N3O3/c16-18-15(19)11-6-8-20-13(11)9-21-12-5-1-3-10-4-2-7-17-14(10)12/h1-8H,9,16H2,(H,18,19). The molecule has 3 rings (SSSR count). The van der Waals surface area contributed by atoms with Crippen molar-refractivity contribution in [2.24, 2.45) is 5.84 Å². The molecule has 1 aromatic carbocycles. The molecule has 0 saturated carbocycles. The van der Waals surface area contributed by atoms with Crippen LogP contribution in [-0.2, 0) is 6.61 Å². The predicted molar refractivity (Wildman–Crippen MR) is 76.4 cm³/mol. The number of nitrogens with zero attached hydrogens (tertiary/aromatic N) is 1. The third-order valence-electron chi connectivity index (χ3n) is 3.08. The molecule has 0 aliphatic heterocycles. The van der Waals surface area contributed by atoms with Crippen molar-refractivity contribution in [3.05, 3.63) is 60.2 Å². The molecule has 0 atom stereocenters. The molecule has 2 heterocycles. The van der Waals surface area contributed by atoms with Crippen molar-refractivity contribution in [1.82, 2.24) is 10.4 Å². The Kier molecular flexibility index (Phi) is 3.53. The van der Waals surface area contributed by atoms with E-state index in [1.165, 1.54) is 6.26 Å². The van der Waals surface area contributed by atoms with Gasteiger partial charge in [-0.1, -0.05) is 18.2 Å². The Morgan fingerprint density at radius 2 is 2.14 bits per heavy atom. The van der Waals surface area contributed by atoms with Gasteiger partial charge in [0.05, 0.1) is 11.8 Å². The summed E-state index contributed by atoms with van der Waals surface area (Å²) in [5, 5.41) is 0.981. The average molecular weight is 283 g/mol. The summed E-state index contributed by atoms with van der Waals surface area (Å²) in [5.41, 5.74) is 3.18. The van der Waals surface area contributed by atoms with Gasteiger partial charge in [-0.15, -0.1) is 0 Å². The van der Waals surface area contributed by atoms with E-state index in [1.54, 1.807) is 12.3 Å². The number of carbonyl (C=O) groups excluding carboxylic acids is 1. The van der Waals surface area contributed by atoms with Crippen molar-refractivity contribution in [2.75, 3.05) is 0 Å². The van der Waals surface area contributed by atoms with E-state index in [9.17, 15) is 4.79 Å². The number of nitrogens with two attached hydrogens (primary N) is 1. The van der Waals surface area contributed by atoms with E-state index < -0.39 is 5.91 Å². The lowest BCUT2D eigenvalue weighted by Gasteiger charge is -2.08. The Labute approximate surface area is 120 Å². The number of rotatable bonds is 4. The Hall–Kier alpha value is -2.86. The number of nitrogen functional groups attached to an aromatic ring is 1. The van der Waals surface area contributed by atoms with E-state index in [4.69, 9.17) is 15.0 Å². The van der Waals surface area contributed by atoms with Crippen molar-refractivity contribution in [3.8, 4) is 5.75 Å². The van der Waals surface area contributed by atoms with Crippen LogP contribution in [0.4, 0.5) is 0 Å². The molecule has 6 nitrogen and oxygen atoms in total. The molecule has 0 saturated heterocycles. The van der Waals surface area contributed by atoms with Crippen LogP contribution >= 0.6 is 0 Å². The van der Waals surface area contributed by atoms with Crippen LogP contribution in [0, 0.1) is 0 Å². The molecule has 6 heteroatoms. The van der Waals surface area contributed by atoms with Crippen molar-refractivity contribution in [1.29, 1.82) is 0 Å². The Balaban J connectivity index is 1.84. The van der Waals surface area contributed by atoms with Gasteiger partial charge in [-0.2, -0.15) is 0 Å². The SMILES string of the molecule is NNC(=O)c1ccoc1COc1cccc2cccnc12. The number of ether oxygens (including phenoxy) is 1. The topological polar surface area (TPSA) is 90.4 Å². The molecule has 0 fully saturated rings. The number of para-hydroxylation sites is 1. The second-order valence-electron chi connectivity index (χ2n) is 4.35. The lowest BCUT2D eigenvalue weighted by atomic mass is 10.2. The number of amides is 1. The fourth-order valence-corrected chi connectivity index (χ4v) is 2.07. The number of furan rings is 1. The maximum absolute atomic E-state index is 11.6. The monoisotopic (exact) mass is 283 g/mol. The number of nitrogens with one attached hydrogen (secondary N) is 1. The lowest BCUT2D eigenvalue weighted by Crippen LogP contribution is -2.30. The Morgan fingerprint density at radius 3 is 3.00 bits per heavy atom. The lowest BCUT2D eigenvalue weighted by molar-refractivity contribution is 0.0949. The van der Waals surface area contributed by atoms with Crippen LogP contribution in [0.3, 0.4) is 0 Å². The summed E-state index contributed by atoms with van der Waals surface area (Å²) in [7, 11) is 0. The maximum Gasteiger partial charge on any atom is 0.268 e. The van der Waals surface area contributed by atoms with Gasteiger partial charge >= 0.3 is 0 Å². The zero-order chi connectivity index (χ0) is 14.7. The highest BCUT2D eigenvalue weighted by molar-refractivity contribution is 5.94. The predicted octanol–water partition coefficient (Wildman–Crippen LogP) is 2.01. The Bertz CT molecular complexity index is 777. The number of aromatic nitrogens is 1. The molecule has 2 aromatic heterocycles. The van der Waals surface area contributed by atoms with Gasteiger partial charge < -0.3 is 9.15 Å². The van der Waals surface area contributed by atoms with Crippen LogP contribution in [0.15, 0.2) is 53.3 Å². The highest BCUT2D eigenvalue weighted by Gasteiger charge is 2.14. The van der Waals surface area contributed by atoms with Gasteiger partial charge in [0.1, 0.15) is 17.9 Å². The van der Waals surface area contributed by atoms with E-state index in [-0.39, 0.29) is 6.61 Å². The van der Waals surface area contributed by atoms with E-state index in [0.29, 0.717) is 17.1 Å². The van der Waals surface area contributed by atoms with Crippen molar-refractivity contribution in [3.63, 3.8) is 0 Å². The molecule has 0 bridgehead atoms. The van der Waals surface area contributed by atoms with E-state index in [0.717, 1.165) is 10.9 Å². The molecule has 0 radical (unpaired) electrons. The largest absolute Gasteiger partial charge is 0.483 e. The molecule has 3 aromatic rings. The van der Waals surface area contributed by atoms with Gasteiger partial charge in [-0.3, -0.25) is 15.2 Å². The zero-order valence-corrected chi connectivity index (χ0v) is 11.1. The average Bonchev–Trinajstić information content (AvgIpc) is 3.00. The quantitative estimate of drug-likeness (QED) is 0.434. The molecule has 1 amide bonds. The number of fused-ring (bicyclic) bond motifs is 1. The summed E-state index contributed by atoms with van der Waals surface area (Å²) >= 11 is 0. The van der Waals surface area contributed by atoms with Gasteiger partial charge in [-0.05, 0) is 18.2 Å². The highest BCUT2D eigenvalue weighted by atomic mass is 16.5. The van der Waals surface area contributed by atoms with Crippen molar-refractivity contribution < 1.29 is 13.9 Å². The van der Waals surface area contributed by atoms with E-state index in [2.05, 4.69) is 10.4 Å². The first-order valence-electron chi connectivity index (χ1n) is 6.33. The second-order valence-corrected chi connectivity index (χ2v) is 4.35. The van der Waals surface area contributed by atoms with Crippen molar-refractivity contribution in [2.45, 2.75) is 6.61 Å². The van der Waals surface area contributed by atoms with Gasteiger partial charge in [-0.25, -0.2) is 5.84 Å². The fraction of sp³-hybridized carbons (Fsp3) is 0.0667. The summed E-state index contributed by atoms with van der Waals surface area (Å²) < 4.78 is 11.0. The first-order valence-corrected chi connectivity index (χ1v) is 6.33. The van der Waals surface area contributed by atoms with Crippen molar-refractivity contribution >= 4 is 16.8 Å². The number of carbonyl (C=O) groups is 1. The van der Waals surface area contributed by atoms with Gasteiger partial charge in [0.15, 0.2) is 5.76 Å². The second kappa shape index (κ2) is 5.64. The number of pyridine rings is 1.